The third-order valence-electron chi connectivity index (χ3n) is 14.9. The zero-order chi connectivity index (χ0) is 31.8. The van der Waals surface area contributed by atoms with E-state index in [0.717, 1.165) is 18.4 Å². The summed E-state index contributed by atoms with van der Waals surface area (Å²) in [6, 6.07) is 0. The molecule has 6 rings (SSSR count). The van der Waals surface area contributed by atoms with Gasteiger partial charge in [-0.25, -0.2) is 4.79 Å². The lowest BCUT2D eigenvalue weighted by atomic mass is 9.28. The van der Waals surface area contributed by atoms with Crippen molar-refractivity contribution in [3.8, 4) is 0 Å². The van der Waals surface area contributed by atoms with E-state index >= 15 is 0 Å². The van der Waals surface area contributed by atoms with Crippen LogP contribution in [0.3, 0.4) is 0 Å². The Bertz CT molecular complexity index is 964. The molecule has 256 valence electrons. The second kappa shape index (κ2) is 16.4. The van der Waals surface area contributed by atoms with E-state index in [0.29, 0.717) is 23.7 Å². The Labute approximate surface area is 279 Å². The van der Waals surface area contributed by atoms with Gasteiger partial charge in [0.1, 0.15) is 0 Å². The van der Waals surface area contributed by atoms with Gasteiger partial charge in [0.05, 0.1) is 0 Å². The molecule has 4 fully saturated rings. The van der Waals surface area contributed by atoms with Crippen LogP contribution in [0.5, 0.6) is 0 Å². The van der Waals surface area contributed by atoms with Crippen LogP contribution in [-0.2, 0) is 4.79 Å². The smallest absolute Gasteiger partial charge is 0.332 e. The van der Waals surface area contributed by atoms with Crippen LogP contribution in [0, 0.1) is 39.9 Å². The largest absolute Gasteiger partial charge is 0.478 e. The third-order valence-corrected chi connectivity index (χ3v) is 14.9. The van der Waals surface area contributed by atoms with Gasteiger partial charge in [0, 0.05) is 16.4 Å². The molecular weight excluding hydrogens is 548 g/mol. The number of rotatable bonds is 7. The minimum atomic E-state index is -0.543. The molecule has 45 heavy (non-hydrogen) atoms. The first kappa shape index (κ1) is 35.3. The van der Waals surface area contributed by atoms with Crippen molar-refractivity contribution in [2.45, 2.75) is 200 Å². The first-order chi connectivity index (χ1) is 21.9. The number of carbonyl (C=O) groups is 1. The van der Waals surface area contributed by atoms with Gasteiger partial charge in [0.15, 0.2) is 0 Å². The van der Waals surface area contributed by atoms with E-state index < -0.39 is 5.97 Å². The number of hydrogen-bond donors (Lipinski definition) is 1. The lowest BCUT2D eigenvalue weighted by Gasteiger charge is -2.75. The molecule has 2 heteroatoms. The molecule has 0 saturated heterocycles. The zero-order valence-corrected chi connectivity index (χ0v) is 30.0. The highest BCUT2D eigenvalue weighted by Gasteiger charge is 2.85. The van der Waals surface area contributed by atoms with Crippen LogP contribution in [0.2, 0.25) is 0 Å². The average molecular weight is 621 g/mol. The molecule has 0 amide bonds. The highest BCUT2D eigenvalue weighted by atomic mass is 16.4. The van der Waals surface area contributed by atoms with Gasteiger partial charge in [-0.2, -0.15) is 0 Å². The van der Waals surface area contributed by atoms with Crippen LogP contribution < -0.4 is 0 Å². The van der Waals surface area contributed by atoms with Gasteiger partial charge < -0.3 is 5.11 Å². The van der Waals surface area contributed by atoms with Crippen LogP contribution in [0.25, 0.3) is 0 Å². The van der Waals surface area contributed by atoms with Crippen LogP contribution >= 0.6 is 0 Å². The minimum absolute atomic E-state index is 0.0152. The van der Waals surface area contributed by atoms with Gasteiger partial charge in [-0.1, -0.05) is 168 Å². The topological polar surface area (TPSA) is 37.3 Å². The van der Waals surface area contributed by atoms with Gasteiger partial charge in [-0.15, -0.1) is 6.58 Å². The van der Waals surface area contributed by atoms with E-state index in [2.05, 4.69) is 26.5 Å². The molecule has 0 aromatic heterocycles. The van der Waals surface area contributed by atoms with Crippen molar-refractivity contribution in [3.05, 3.63) is 23.8 Å². The summed E-state index contributed by atoms with van der Waals surface area (Å²) in [4.78, 5) is 14.0. The molecule has 2 bridgehead atoms. The molecule has 4 unspecified atom stereocenters. The summed E-state index contributed by atoms with van der Waals surface area (Å²) >= 11 is 0. The Kier molecular flexibility index (Phi) is 12.8. The summed E-state index contributed by atoms with van der Waals surface area (Å²) < 4.78 is 0. The summed E-state index contributed by atoms with van der Waals surface area (Å²) in [7, 11) is 0. The molecule has 0 aliphatic heterocycles. The van der Waals surface area contributed by atoms with E-state index in [1.165, 1.54) is 173 Å². The Hall–Kier alpha value is -1.05. The molecule has 1 N–H and O–H groups in total. The maximum atomic E-state index is 14.0. The van der Waals surface area contributed by atoms with E-state index in [1.54, 1.807) is 5.57 Å². The van der Waals surface area contributed by atoms with Crippen molar-refractivity contribution in [2.24, 2.45) is 39.9 Å². The summed E-state index contributed by atoms with van der Waals surface area (Å²) in [5, 5.41) is 11.5. The van der Waals surface area contributed by atoms with Crippen molar-refractivity contribution in [1.82, 2.24) is 0 Å². The van der Waals surface area contributed by atoms with Crippen molar-refractivity contribution in [3.63, 3.8) is 0 Å². The Morgan fingerprint density at radius 2 is 1.07 bits per heavy atom. The van der Waals surface area contributed by atoms with E-state index in [-0.39, 0.29) is 16.2 Å². The molecule has 0 aromatic carbocycles. The normalized spacial score (nSPS) is 36.2. The Balaban J connectivity index is 1.69. The third kappa shape index (κ3) is 6.67. The molecule has 4 atom stereocenters. The fourth-order valence-corrected chi connectivity index (χ4v) is 12.9. The van der Waals surface area contributed by atoms with Crippen LogP contribution in [0.15, 0.2) is 23.8 Å². The molecule has 6 aliphatic carbocycles. The molecule has 0 spiro atoms. The molecule has 0 aromatic rings. The quantitative estimate of drug-likeness (QED) is 0.287. The minimum Gasteiger partial charge on any atom is -0.478 e. The predicted molar refractivity (Wildman–Crippen MR) is 191 cm³/mol. The molecular formula is C43H72O2. The predicted octanol–water partition coefficient (Wildman–Crippen LogP) is 13.4. The van der Waals surface area contributed by atoms with Gasteiger partial charge in [0.2, 0.25) is 0 Å². The fourth-order valence-electron chi connectivity index (χ4n) is 12.9. The highest BCUT2D eigenvalue weighted by Crippen LogP contribution is 2.89. The highest BCUT2D eigenvalue weighted by molar-refractivity contribution is 5.93. The van der Waals surface area contributed by atoms with Gasteiger partial charge >= 0.3 is 5.97 Å². The van der Waals surface area contributed by atoms with Crippen molar-refractivity contribution >= 4 is 5.97 Å². The lowest BCUT2D eigenvalue weighted by molar-refractivity contribution is -0.256. The molecule has 0 radical (unpaired) electrons. The standard InChI is InChI=1S/C43H72O2/c1-4-5-33-41(2)42(3)38(40(44)45)37(34-27-21-15-9-6-10-16-22-28-34)43(41,36-31-25-19-13-8-14-20-26-32-36)39(42)35-29-23-17-11-7-12-18-24-30-35/h4,34-36,39H,1,5-33H2,2-3H3,(H,44,45). The second-order valence-electron chi connectivity index (χ2n) is 17.1. The number of allylic oxidation sites excluding steroid dienone is 2. The van der Waals surface area contributed by atoms with Crippen molar-refractivity contribution < 1.29 is 9.90 Å². The molecule has 4 saturated carbocycles. The Morgan fingerprint density at radius 1 is 0.667 bits per heavy atom. The first-order valence-corrected chi connectivity index (χ1v) is 20.5. The van der Waals surface area contributed by atoms with Gasteiger partial charge in [-0.05, 0) is 73.2 Å². The van der Waals surface area contributed by atoms with Crippen molar-refractivity contribution in [2.75, 3.05) is 0 Å². The summed E-state index contributed by atoms with van der Waals surface area (Å²) in [6.07, 6.45) is 40.7. The van der Waals surface area contributed by atoms with Gasteiger partial charge in [0.25, 0.3) is 0 Å². The average Bonchev–Trinajstić information content (AvgIpc) is 3.41. The molecule has 2 nitrogen and oxygen atoms in total. The second-order valence-corrected chi connectivity index (χ2v) is 17.1. The maximum Gasteiger partial charge on any atom is 0.332 e. The Morgan fingerprint density at radius 3 is 1.49 bits per heavy atom. The summed E-state index contributed by atoms with van der Waals surface area (Å²) in [5.41, 5.74) is 2.35. The molecule has 6 aliphatic rings. The van der Waals surface area contributed by atoms with E-state index in [9.17, 15) is 9.90 Å². The number of carboxylic acids is 1. The SMILES string of the molecule is C=CCCC1(C)C2(C)C(C(=O)O)=C(C3CCCCCCCCC3)C1(C1CCCCCCCCC1)C2C1CCCCCCCCC1. The first-order valence-electron chi connectivity index (χ1n) is 20.5. The van der Waals surface area contributed by atoms with Gasteiger partial charge in [-0.3, -0.25) is 0 Å². The monoisotopic (exact) mass is 621 g/mol. The molecule has 0 heterocycles. The fraction of sp³-hybridized carbons (Fsp3) is 0.884. The zero-order valence-electron chi connectivity index (χ0n) is 30.0. The lowest BCUT2D eigenvalue weighted by Crippen LogP contribution is -2.71. The number of carboxylic acid groups (broad SMARTS) is 1. The number of aliphatic carboxylic acids is 1. The summed E-state index contributed by atoms with van der Waals surface area (Å²) in [6.45, 7) is 9.36. The van der Waals surface area contributed by atoms with Crippen LogP contribution in [-0.4, -0.2) is 11.1 Å². The van der Waals surface area contributed by atoms with E-state index in [4.69, 9.17) is 0 Å². The van der Waals surface area contributed by atoms with Crippen LogP contribution in [0.4, 0.5) is 0 Å². The van der Waals surface area contributed by atoms with Crippen LogP contribution in [0.1, 0.15) is 200 Å². The maximum absolute atomic E-state index is 14.0. The van der Waals surface area contributed by atoms with Crippen molar-refractivity contribution in [1.29, 1.82) is 0 Å². The number of hydrogen-bond acceptors (Lipinski definition) is 1. The summed E-state index contributed by atoms with van der Waals surface area (Å²) in [5.74, 6) is 1.76. The van der Waals surface area contributed by atoms with E-state index in [1.807, 2.05) is 0 Å².